The Kier molecular flexibility index (Phi) is 4.98. The topological polar surface area (TPSA) is 118 Å². The number of anilines is 2. The van der Waals surface area contributed by atoms with Crippen molar-refractivity contribution in [1.82, 2.24) is 0 Å². The Labute approximate surface area is 105 Å². The highest BCUT2D eigenvalue weighted by atomic mass is 16.4. The van der Waals surface area contributed by atoms with Gasteiger partial charge >= 0.3 is 5.97 Å². The van der Waals surface area contributed by atoms with E-state index >= 15 is 0 Å². The number of carboxylic acids is 1. The minimum Gasteiger partial charge on any atom is -0.478 e. The average molecular weight is 251 g/mol. The van der Waals surface area contributed by atoms with Crippen molar-refractivity contribution in [2.24, 2.45) is 5.73 Å². The fraction of sp³-hybridized carbons (Fsp3) is 0.333. The van der Waals surface area contributed by atoms with Gasteiger partial charge < -0.3 is 21.9 Å². The summed E-state index contributed by atoms with van der Waals surface area (Å²) in [7, 11) is 0. The van der Waals surface area contributed by atoms with Gasteiger partial charge in [-0.15, -0.1) is 0 Å². The first-order valence-electron chi connectivity index (χ1n) is 5.66. The van der Waals surface area contributed by atoms with Crippen molar-refractivity contribution in [2.45, 2.75) is 19.3 Å². The third-order valence-electron chi connectivity index (χ3n) is 2.48. The second kappa shape index (κ2) is 6.48. The zero-order valence-electron chi connectivity index (χ0n) is 9.98. The fourth-order valence-electron chi connectivity index (χ4n) is 1.58. The first-order valence-corrected chi connectivity index (χ1v) is 5.66. The second-order valence-corrected chi connectivity index (χ2v) is 3.93. The fourth-order valence-corrected chi connectivity index (χ4v) is 1.58. The minimum absolute atomic E-state index is 0.143. The third-order valence-corrected chi connectivity index (χ3v) is 2.48. The molecule has 0 aliphatic rings. The van der Waals surface area contributed by atoms with Gasteiger partial charge in [0.15, 0.2) is 0 Å². The predicted molar refractivity (Wildman–Crippen MR) is 69.3 cm³/mol. The highest BCUT2D eigenvalue weighted by molar-refractivity contribution is 5.97. The van der Waals surface area contributed by atoms with E-state index in [1.54, 1.807) is 12.1 Å². The van der Waals surface area contributed by atoms with E-state index in [1.807, 2.05) is 0 Å². The zero-order valence-corrected chi connectivity index (χ0v) is 9.98. The summed E-state index contributed by atoms with van der Waals surface area (Å²) in [6, 6.07) is 4.72. The molecule has 0 bridgehead atoms. The number of carboxylic acid groups (broad SMARTS) is 1. The van der Waals surface area contributed by atoms with E-state index in [0.717, 1.165) is 6.42 Å². The number of primary amides is 1. The maximum Gasteiger partial charge on any atom is 0.337 e. The molecule has 1 rings (SSSR count). The monoisotopic (exact) mass is 251 g/mol. The molecule has 0 atom stereocenters. The van der Waals surface area contributed by atoms with E-state index in [2.05, 4.69) is 5.32 Å². The third kappa shape index (κ3) is 3.97. The molecular formula is C12H17N3O3. The molecule has 0 spiro atoms. The number of rotatable bonds is 7. The van der Waals surface area contributed by atoms with E-state index in [1.165, 1.54) is 6.07 Å². The van der Waals surface area contributed by atoms with Crippen LogP contribution in [0.2, 0.25) is 0 Å². The average Bonchev–Trinajstić information content (AvgIpc) is 2.29. The lowest BCUT2D eigenvalue weighted by Gasteiger charge is -2.11. The van der Waals surface area contributed by atoms with E-state index in [0.29, 0.717) is 30.8 Å². The van der Waals surface area contributed by atoms with Gasteiger partial charge in [0.2, 0.25) is 5.91 Å². The number of nitrogen functional groups attached to an aromatic ring is 1. The van der Waals surface area contributed by atoms with Gasteiger partial charge in [-0.3, -0.25) is 4.79 Å². The van der Waals surface area contributed by atoms with Crippen LogP contribution in [0.1, 0.15) is 29.6 Å². The van der Waals surface area contributed by atoms with Crippen LogP contribution >= 0.6 is 0 Å². The normalized spacial score (nSPS) is 10.0. The van der Waals surface area contributed by atoms with Gasteiger partial charge in [0.05, 0.1) is 16.9 Å². The molecule has 0 radical (unpaired) electrons. The Morgan fingerprint density at radius 1 is 1.28 bits per heavy atom. The molecular weight excluding hydrogens is 234 g/mol. The first kappa shape index (κ1) is 13.8. The van der Waals surface area contributed by atoms with Crippen molar-refractivity contribution in [3.05, 3.63) is 23.8 Å². The lowest BCUT2D eigenvalue weighted by atomic mass is 10.1. The number of hydrogen-bond acceptors (Lipinski definition) is 4. The van der Waals surface area contributed by atoms with Gasteiger partial charge in [-0.2, -0.15) is 0 Å². The van der Waals surface area contributed by atoms with Crippen molar-refractivity contribution in [2.75, 3.05) is 17.6 Å². The van der Waals surface area contributed by atoms with E-state index in [9.17, 15) is 9.59 Å². The van der Waals surface area contributed by atoms with Crippen LogP contribution in [0, 0.1) is 0 Å². The summed E-state index contributed by atoms with van der Waals surface area (Å²) in [6.07, 6.45) is 1.71. The summed E-state index contributed by atoms with van der Waals surface area (Å²) >= 11 is 0. The number of unbranched alkanes of at least 4 members (excludes halogenated alkanes) is 1. The minimum atomic E-state index is -1.03. The largest absolute Gasteiger partial charge is 0.478 e. The number of benzene rings is 1. The maximum absolute atomic E-state index is 11.0. The molecule has 0 fully saturated rings. The smallest absolute Gasteiger partial charge is 0.337 e. The summed E-state index contributed by atoms with van der Waals surface area (Å²) in [4.78, 5) is 21.5. The molecule has 0 heterocycles. The van der Waals surface area contributed by atoms with Crippen molar-refractivity contribution in [1.29, 1.82) is 0 Å². The van der Waals surface area contributed by atoms with Crippen molar-refractivity contribution in [3.63, 3.8) is 0 Å². The van der Waals surface area contributed by atoms with Crippen LogP contribution < -0.4 is 16.8 Å². The number of para-hydroxylation sites is 1. The summed E-state index contributed by atoms with van der Waals surface area (Å²) in [5.41, 5.74) is 11.7. The molecule has 98 valence electrons. The van der Waals surface area contributed by atoms with E-state index in [-0.39, 0.29) is 11.5 Å². The molecule has 0 aromatic heterocycles. The summed E-state index contributed by atoms with van der Waals surface area (Å²) in [5, 5.41) is 12.0. The molecule has 6 nitrogen and oxygen atoms in total. The Bertz CT molecular complexity index is 446. The number of hydrogen-bond donors (Lipinski definition) is 4. The molecule has 18 heavy (non-hydrogen) atoms. The van der Waals surface area contributed by atoms with Crippen LogP contribution in [-0.4, -0.2) is 23.5 Å². The van der Waals surface area contributed by atoms with Crippen LogP contribution in [0.25, 0.3) is 0 Å². The number of carbonyl (C=O) groups is 2. The maximum atomic E-state index is 11.0. The van der Waals surface area contributed by atoms with Gasteiger partial charge in [0, 0.05) is 13.0 Å². The quantitative estimate of drug-likeness (QED) is 0.426. The molecule has 0 unspecified atom stereocenters. The van der Waals surface area contributed by atoms with Gasteiger partial charge in [-0.25, -0.2) is 4.79 Å². The second-order valence-electron chi connectivity index (χ2n) is 3.93. The Balaban J connectivity index is 2.56. The molecule has 0 aliphatic carbocycles. The van der Waals surface area contributed by atoms with E-state index in [4.69, 9.17) is 16.6 Å². The molecule has 6 N–H and O–H groups in total. The molecule has 6 heteroatoms. The number of nitrogens with one attached hydrogen (secondary N) is 1. The van der Waals surface area contributed by atoms with E-state index < -0.39 is 5.97 Å². The lowest BCUT2D eigenvalue weighted by Crippen LogP contribution is -2.12. The molecule has 0 saturated heterocycles. The van der Waals surface area contributed by atoms with Crippen LogP contribution in [0.4, 0.5) is 11.4 Å². The number of nitrogens with two attached hydrogens (primary N) is 2. The lowest BCUT2D eigenvalue weighted by molar-refractivity contribution is -0.118. The highest BCUT2D eigenvalue weighted by Crippen LogP contribution is 2.23. The molecule has 0 saturated carbocycles. The van der Waals surface area contributed by atoms with Crippen LogP contribution in [0.5, 0.6) is 0 Å². The number of amides is 1. The summed E-state index contributed by atoms with van der Waals surface area (Å²) in [6.45, 7) is 0.543. The molecule has 0 aliphatic heterocycles. The zero-order chi connectivity index (χ0) is 13.5. The Morgan fingerprint density at radius 3 is 2.61 bits per heavy atom. The van der Waals surface area contributed by atoms with Gasteiger partial charge in [-0.05, 0) is 25.0 Å². The molecule has 1 aromatic carbocycles. The molecule has 1 amide bonds. The Hall–Kier alpha value is -2.24. The van der Waals surface area contributed by atoms with Crippen molar-refractivity contribution >= 4 is 23.3 Å². The highest BCUT2D eigenvalue weighted by Gasteiger charge is 2.11. The van der Waals surface area contributed by atoms with Gasteiger partial charge in [-0.1, -0.05) is 6.07 Å². The van der Waals surface area contributed by atoms with Crippen LogP contribution in [0.15, 0.2) is 18.2 Å². The SMILES string of the molecule is NC(=O)CCCCNc1c(N)cccc1C(=O)O. The van der Waals surface area contributed by atoms with Crippen LogP contribution in [0.3, 0.4) is 0 Å². The van der Waals surface area contributed by atoms with Gasteiger partial charge in [0.25, 0.3) is 0 Å². The molecule has 1 aromatic rings. The van der Waals surface area contributed by atoms with Crippen LogP contribution in [-0.2, 0) is 4.79 Å². The van der Waals surface area contributed by atoms with Crippen molar-refractivity contribution in [3.8, 4) is 0 Å². The number of aromatic carboxylic acids is 1. The summed E-state index contributed by atoms with van der Waals surface area (Å²) < 4.78 is 0. The van der Waals surface area contributed by atoms with Gasteiger partial charge in [0.1, 0.15) is 0 Å². The summed E-state index contributed by atoms with van der Waals surface area (Å²) in [5.74, 6) is -1.36. The predicted octanol–water partition coefficient (Wildman–Crippen LogP) is 1.03. The standard InChI is InChI=1S/C12H17N3O3/c13-9-5-3-4-8(12(17)18)11(9)15-7-2-1-6-10(14)16/h3-5,15H,1-2,6-7,13H2,(H2,14,16)(H,17,18). The first-order chi connectivity index (χ1) is 8.52. The number of carbonyl (C=O) groups excluding carboxylic acids is 1. The van der Waals surface area contributed by atoms with Crippen molar-refractivity contribution < 1.29 is 14.7 Å². The Morgan fingerprint density at radius 2 is 2.00 bits per heavy atom.